The van der Waals surface area contributed by atoms with Gasteiger partial charge in [-0.15, -0.1) is 0 Å². The summed E-state index contributed by atoms with van der Waals surface area (Å²) in [6.45, 7) is 5.37. The van der Waals surface area contributed by atoms with Gasteiger partial charge in [-0.3, -0.25) is 24.5 Å². The van der Waals surface area contributed by atoms with Gasteiger partial charge in [-0.05, 0) is 6.92 Å². The standard InChI is InChI=1S/C8H9N3O4/c1-5(2)3-10-4-6(11(14)15)7(12)9-8(10)13/h4H,1,3H2,2H3,(H,9,12,13). The predicted molar refractivity (Wildman–Crippen MR) is 52.8 cm³/mol. The molecular weight excluding hydrogens is 202 g/mol. The molecule has 0 aliphatic rings. The van der Waals surface area contributed by atoms with E-state index < -0.39 is 21.9 Å². The molecule has 7 heteroatoms. The number of aromatic amines is 1. The summed E-state index contributed by atoms with van der Waals surface area (Å²) in [6, 6.07) is 0. The molecule has 0 fully saturated rings. The van der Waals surface area contributed by atoms with Crippen molar-refractivity contribution in [1.29, 1.82) is 0 Å². The van der Waals surface area contributed by atoms with E-state index in [9.17, 15) is 19.7 Å². The van der Waals surface area contributed by atoms with Crippen LogP contribution in [-0.2, 0) is 6.54 Å². The average molecular weight is 211 g/mol. The van der Waals surface area contributed by atoms with Crippen LogP contribution >= 0.6 is 0 Å². The topological polar surface area (TPSA) is 98.0 Å². The third-order valence-corrected chi connectivity index (χ3v) is 1.63. The highest BCUT2D eigenvalue weighted by atomic mass is 16.6. The molecule has 0 radical (unpaired) electrons. The highest BCUT2D eigenvalue weighted by molar-refractivity contribution is 5.21. The van der Waals surface area contributed by atoms with Gasteiger partial charge in [0, 0.05) is 6.54 Å². The fraction of sp³-hybridized carbons (Fsp3) is 0.250. The van der Waals surface area contributed by atoms with Gasteiger partial charge in [-0.1, -0.05) is 12.2 Å². The molecule has 0 aromatic carbocycles. The molecule has 0 atom stereocenters. The van der Waals surface area contributed by atoms with Crippen molar-refractivity contribution in [2.75, 3.05) is 0 Å². The summed E-state index contributed by atoms with van der Waals surface area (Å²) in [5, 5.41) is 10.4. The molecule has 0 spiro atoms. The highest BCUT2D eigenvalue weighted by Crippen LogP contribution is 2.00. The number of allylic oxidation sites excluding steroid dienone is 1. The Bertz CT molecular complexity index is 525. The Morgan fingerprint density at radius 2 is 2.27 bits per heavy atom. The van der Waals surface area contributed by atoms with E-state index in [0.29, 0.717) is 5.57 Å². The molecule has 1 aromatic heterocycles. The van der Waals surface area contributed by atoms with Crippen molar-refractivity contribution in [2.45, 2.75) is 13.5 Å². The molecule has 0 amide bonds. The molecule has 1 rings (SSSR count). The van der Waals surface area contributed by atoms with Crippen molar-refractivity contribution in [2.24, 2.45) is 0 Å². The van der Waals surface area contributed by atoms with Crippen LogP contribution in [0.25, 0.3) is 0 Å². The summed E-state index contributed by atoms with van der Waals surface area (Å²) in [4.78, 5) is 33.6. The number of nitrogens with one attached hydrogen (secondary N) is 1. The molecule has 0 saturated carbocycles. The predicted octanol–water partition coefficient (Wildman–Crippen LogP) is 0.0209. The van der Waals surface area contributed by atoms with Crippen molar-refractivity contribution < 1.29 is 4.92 Å². The lowest BCUT2D eigenvalue weighted by atomic mass is 10.3. The van der Waals surface area contributed by atoms with Crippen LogP contribution in [0.5, 0.6) is 0 Å². The molecule has 7 nitrogen and oxygen atoms in total. The van der Waals surface area contributed by atoms with Crippen LogP contribution in [0.4, 0.5) is 5.69 Å². The van der Waals surface area contributed by atoms with E-state index in [1.54, 1.807) is 6.92 Å². The average Bonchev–Trinajstić information content (AvgIpc) is 2.08. The van der Waals surface area contributed by atoms with Gasteiger partial charge in [0.1, 0.15) is 0 Å². The van der Waals surface area contributed by atoms with Crippen LogP contribution < -0.4 is 11.2 Å². The Balaban J connectivity index is 3.36. The third kappa shape index (κ3) is 2.39. The molecule has 15 heavy (non-hydrogen) atoms. The Hall–Kier alpha value is -2.18. The van der Waals surface area contributed by atoms with Crippen LogP contribution in [0.15, 0.2) is 27.9 Å². The van der Waals surface area contributed by atoms with E-state index >= 15 is 0 Å². The maximum Gasteiger partial charge on any atom is 0.350 e. The Morgan fingerprint density at radius 3 is 2.73 bits per heavy atom. The quantitative estimate of drug-likeness (QED) is 0.433. The van der Waals surface area contributed by atoms with Gasteiger partial charge in [0.05, 0.1) is 11.1 Å². The zero-order chi connectivity index (χ0) is 11.6. The number of hydrogen-bond acceptors (Lipinski definition) is 4. The van der Waals surface area contributed by atoms with E-state index in [4.69, 9.17) is 0 Å². The van der Waals surface area contributed by atoms with Gasteiger partial charge < -0.3 is 0 Å². The monoisotopic (exact) mass is 211 g/mol. The van der Waals surface area contributed by atoms with Gasteiger partial charge >= 0.3 is 16.9 Å². The van der Waals surface area contributed by atoms with Gasteiger partial charge in [0.2, 0.25) is 0 Å². The summed E-state index contributed by atoms with van der Waals surface area (Å²) < 4.78 is 1.03. The zero-order valence-electron chi connectivity index (χ0n) is 8.02. The van der Waals surface area contributed by atoms with Crippen LogP contribution in [0.3, 0.4) is 0 Å². The van der Waals surface area contributed by atoms with E-state index in [2.05, 4.69) is 6.58 Å². The van der Waals surface area contributed by atoms with Gasteiger partial charge in [0.25, 0.3) is 0 Å². The lowest BCUT2D eigenvalue weighted by Crippen LogP contribution is -2.31. The minimum atomic E-state index is -0.997. The molecule has 1 heterocycles. The summed E-state index contributed by atoms with van der Waals surface area (Å²) in [7, 11) is 0. The lowest BCUT2D eigenvalue weighted by molar-refractivity contribution is -0.386. The lowest BCUT2D eigenvalue weighted by Gasteiger charge is -2.02. The summed E-state index contributed by atoms with van der Waals surface area (Å²) >= 11 is 0. The maximum atomic E-state index is 11.2. The fourth-order valence-corrected chi connectivity index (χ4v) is 1.04. The van der Waals surface area contributed by atoms with Crippen LogP contribution in [0.2, 0.25) is 0 Å². The van der Waals surface area contributed by atoms with Crippen molar-refractivity contribution in [3.8, 4) is 0 Å². The molecule has 1 N–H and O–H groups in total. The van der Waals surface area contributed by atoms with Crippen molar-refractivity contribution >= 4 is 5.69 Å². The normalized spacial score (nSPS) is 9.93. The second-order valence-electron chi connectivity index (χ2n) is 3.12. The van der Waals surface area contributed by atoms with E-state index in [0.717, 1.165) is 10.8 Å². The first-order valence-corrected chi connectivity index (χ1v) is 4.04. The van der Waals surface area contributed by atoms with Crippen LogP contribution in [0, 0.1) is 10.1 Å². The van der Waals surface area contributed by atoms with Crippen LogP contribution in [-0.4, -0.2) is 14.5 Å². The summed E-state index contributed by atoms with van der Waals surface area (Å²) in [6.07, 6.45) is 0.913. The Morgan fingerprint density at radius 1 is 1.67 bits per heavy atom. The van der Waals surface area contributed by atoms with E-state index in [1.807, 2.05) is 4.98 Å². The Kier molecular flexibility index (Phi) is 2.84. The molecule has 0 saturated heterocycles. The SMILES string of the molecule is C=C(C)Cn1cc([N+](=O)[O-])c(=O)[nH]c1=O. The first-order chi connectivity index (χ1) is 6.91. The number of aromatic nitrogens is 2. The molecule has 1 aromatic rings. The zero-order valence-corrected chi connectivity index (χ0v) is 8.02. The molecule has 0 unspecified atom stereocenters. The van der Waals surface area contributed by atoms with Crippen LogP contribution in [0.1, 0.15) is 6.92 Å². The second kappa shape index (κ2) is 3.91. The number of H-pyrrole nitrogens is 1. The van der Waals surface area contributed by atoms with E-state index in [1.165, 1.54) is 0 Å². The number of rotatable bonds is 3. The largest absolute Gasteiger partial charge is 0.350 e. The van der Waals surface area contributed by atoms with Gasteiger partial charge in [0.15, 0.2) is 0 Å². The highest BCUT2D eigenvalue weighted by Gasteiger charge is 2.14. The van der Waals surface area contributed by atoms with Crippen molar-refractivity contribution in [3.05, 3.63) is 49.3 Å². The fourth-order valence-electron chi connectivity index (χ4n) is 1.04. The molecular formula is C8H9N3O4. The molecule has 0 aliphatic heterocycles. The van der Waals surface area contributed by atoms with Gasteiger partial charge in [-0.2, -0.15) is 0 Å². The molecule has 0 bridgehead atoms. The number of nitro groups is 1. The number of nitrogens with zero attached hydrogens (tertiary/aromatic N) is 2. The smallest absolute Gasteiger partial charge is 0.290 e. The third-order valence-electron chi connectivity index (χ3n) is 1.63. The van der Waals surface area contributed by atoms with Crippen molar-refractivity contribution in [1.82, 2.24) is 9.55 Å². The molecule has 80 valence electrons. The first kappa shape index (κ1) is 10.9. The Labute approximate surface area is 83.8 Å². The first-order valence-electron chi connectivity index (χ1n) is 4.04. The van der Waals surface area contributed by atoms with Gasteiger partial charge in [-0.25, -0.2) is 4.79 Å². The second-order valence-corrected chi connectivity index (χ2v) is 3.12. The van der Waals surface area contributed by atoms with Crippen molar-refractivity contribution in [3.63, 3.8) is 0 Å². The minimum absolute atomic E-state index is 0.135. The number of hydrogen-bond donors (Lipinski definition) is 1. The van der Waals surface area contributed by atoms with E-state index in [-0.39, 0.29) is 6.54 Å². The molecule has 0 aliphatic carbocycles. The summed E-state index contributed by atoms with van der Waals surface area (Å²) in [5.74, 6) is 0. The summed E-state index contributed by atoms with van der Waals surface area (Å²) in [5.41, 5.74) is -1.69. The maximum absolute atomic E-state index is 11.2. The minimum Gasteiger partial charge on any atom is -0.290 e.